The van der Waals surface area contributed by atoms with Crippen LogP contribution in [0.2, 0.25) is 0 Å². The van der Waals surface area contributed by atoms with Crippen LogP contribution in [0, 0.1) is 18.2 Å². The van der Waals surface area contributed by atoms with E-state index in [-0.39, 0.29) is 82.4 Å². The van der Waals surface area contributed by atoms with E-state index in [9.17, 15) is 15.3 Å². The Morgan fingerprint density at radius 2 is 0.615 bits per heavy atom. The molecule has 0 aromatic heterocycles. The van der Waals surface area contributed by atoms with Crippen molar-refractivity contribution in [2.45, 2.75) is 19.3 Å². The van der Waals surface area contributed by atoms with Crippen molar-refractivity contribution >= 4 is 0 Å². The summed E-state index contributed by atoms with van der Waals surface area (Å²) in [6, 6.07) is 25.0. The van der Waals surface area contributed by atoms with Crippen LogP contribution in [-0.4, -0.2) is 0 Å². The first kappa shape index (κ1) is 41.1. The van der Waals surface area contributed by atoms with E-state index in [0.717, 1.165) is 19.3 Å². The van der Waals surface area contributed by atoms with Crippen molar-refractivity contribution in [1.29, 1.82) is 0 Å². The van der Waals surface area contributed by atoms with Crippen LogP contribution in [-0.2, 0) is 65.2 Å². The fraction of sp³-hybridized carbons (Fsp3) is 0.0909. The standard InChI is InChI=1S/3C6H6O.3C5H5.3Ti/c3*7-6-4-2-1-3-5-6;3*1-2-4-5-3-1;;;/h3*1-5,7H;3*1-3H,4H2;;;/q;;;3*-1;3*+2/p-3. The summed E-state index contributed by atoms with van der Waals surface area (Å²) >= 11 is 0. The van der Waals surface area contributed by atoms with Gasteiger partial charge in [-0.05, 0) is 0 Å². The fourth-order valence-electron chi connectivity index (χ4n) is 2.28. The molecule has 0 fully saturated rings. The number of para-hydroxylation sites is 3. The second kappa shape index (κ2) is 31.9. The number of rotatable bonds is 0. The molecule has 0 amide bonds. The predicted molar refractivity (Wildman–Crippen MR) is 142 cm³/mol. The SMILES string of the molecule is [C-]1=CC=CC1.[C-]1=CC=CC1.[C-]1=CC=CC1.[O-]c1ccccc1.[O-]c1ccccc1.[O-]c1ccccc1.[Ti+2].[Ti+2].[Ti+2]. The van der Waals surface area contributed by atoms with Gasteiger partial charge in [0, 0.05) is 0 Å². The average Bonchev–Trinajstić information content (AvgIpc) is 3.73. The first-order chi connectivity index (χ1) is 17.7. The fourth-order valence-corrected chi connectivity index (χ4v) is 2.28. The van der Waals surface area contributed by atoms with E-state index in [0.29, 0.717) is 0 Å². The van der Waals surface area contributed by atoms with E-state index in [2.05, 4.69) is 36.5 Å². The third-order valence-electron chi connectivity index (χ3n) is 3.99. The van der Waals surface area contributed by atoms with Gasteiger partial charge < -0.3 is 15.3 Å². The summed E-state index contributed by atoms with van der Waals surface area (Å²) in [5.74, 6) is 0.215. The van der Waals surface area contributed by atoms with Gasteiger partial charge >= 0.3 is 65.2 Å². The largest absolute Gasteiger partial charge is 2.00 e. The molecule has 0 atom stereocenters. The molecule has 0 saturated carbocycles. The van der Waals surface area contributed by atoms with E-state index in [1.807, 2.05) is 54.7 Å². The maximum absolute atomic E-state index is 10.3. The summed E-state index contributed by atoms with van der Waals surface area (Å²) in [7, 11) is 0. The Morgan fingerprint density at radius 1 is 0.385 bits per heavy atom. The Morgan fingerprint density at radius 3 is 0.692 bits per heavy atom. The van der Waals surface area contributed by atoms with Gasteiger partial charge in [0.15, 0.2) is 0 Å². The van der Waals surface area contributed by atoms with Crippen molar-refractivity contribution in [2.75, 3.05) is 0 Å². The van der Waals surface area contributed by atoms with Gasteiger partial charge in [-0.1, -0.05) is 91.0 Å². The molecule has 0 saturated heterocycles. The van der Waals surface area contributed by atoms with E-state index in [1.54, 1.807) is 36.4 Å². The minimum absolute atomic E-state index is 0. The number of hydrogen-bond donors (Lipinski definition) is 0. The minimum Gasteiger partial charge on any atom is -0.872 e. The maximum Gasteiger partial charge on any atom is 2.00 e. The van der Waals surface area contributed by atoms with Crippen molar-refractivity contribution < 1.29 is 80.5 Å². The molecular weight excluding hydrogens is 588 g/mol. The molecule has 0 N–H and O–H groups in total. The summed E-state index contributed by atoms with van der Waals surface area (Å²) in [6.07, 6.45) is 30.0. The average molecular weight is 618 g/mol. The first-order valence-corrected chi connectivity index (χ1v) is 11.5. The first-order valence-electron chi connectivity index (χ1n) is 11.5. The molecule has 192 valence electrons. The zero-order valence-corrected chi connectivity index (χ0v) is 26.4. The monoisotopic (exact) mass is 618 g/mol. The molecule has 0 radical (unpaired) electrons. The van der Waals surface area contributed by atoms with E-state index in [1.165, 1.54) is 36.4 Å². The van der Waals surface area contributed by atoms with E-state index < -0.39 is 0 Å². The molecular formula is C33H30O3Ti3. The molecule has 6 rings (SSSR count). The normalized spacial score (nSPS) is 11.4. The molecule has 0 aliphatic heterocycles. The van der Waals surface area contributed by atoms with Gasteiger partial charge in [0.25, 0.3) is 0 Å². The van der Waals surface area contributed by atoms with Crippen LogP contribution < -0.4 is 15.3 Å². The summed E-state index contributed by atoms with van der Waals surface area (Å²) in [6.45, 7) is 0. The van der Waals surface area contributed by atoms with Crippen molar-refractivity contribution in [3.05, 3.63) is 164 Å². The smallest absolute Gasteiger partial charge is 0.872 e. The topological polar surface area (TPSA) is 69.2 Å². The van der Waals surface area contributed by atoms with Gasteiger partial charge in [0.1, 0.15) is 0 Å². The molecule has 3 aliphatic rings. The molecule has 6 heteroatoms. The van der Waals surface area contributed by atoms with Crippen LogP contribution in [0.15, 0.2) is 146 Å². The van der Waals surface area contributed by atoms with Gasteiger partial charge in [0.2, 0.25) is 0 Å². The minimum atomic E-state index is 0. The molecule has 0 unspecified atom stereocenters. The molecule has 3 aromatic rings. The zero-order valence-electron chi connectivity index (χ0n) is 21.7. The van der Waals surface area contributed by atoms with Crippen molar-refractivity contribution in [1.82, 2.24) is 0 Å². The zero-order chi connectivity index (χ0) is 25.9. The molecule has 39 heavy (non-hydrogen) atoms. The molecule has 3 aromatic carbocycles. The van der Waals surface area contributed by atoms with Gasteiger partial charge in [-0.15, -0.1) is 36.5 Å². The molecule has 3 aliphatic carbocycles. The Labute approximate surface area is 278 Å². The van der Waals surface area contributed by atoms with Crippen molar-refractivity contribution in [3.63, 3.8) is 0 Å². The van der Waals surface area contributed by atoms with Crippen molar-refractivity contribution in [2.24, 2.45) is 0 Å². The van der Waals surface area contributed by atoms with Gasteiger partial charge in [-0.2, -0.15) is 18.2 Å². The molecule has 0 heterocycles. The van der Waals surface area contributed by atoms with Crippen LogP contribution >= 0.6 is 0 Å². The van der Waals surface area contributed by atoms with Gasteiger partial charge in [-0.3, -0.25) is 18.2 Å². The van der Waals surface area contributed by atoms with Crippen LogP contribution in [0.5, 0.6) is 17.2 Å². The Balaban J connectivity index is -0.000000395. The van der Waals surface area contributed by atoms with Crippen LogP contribution in [0.1, 0.15) is 19.3 Å². The maximum atomic E-state index is 10.3. The van der Waals surface area contributed by atoms with Crippen LogP contribution in [0.3, 0.4) is 0 Å². The number of benzene rings is 3. The summed E-state index contributed by atoms with van der Waals surface area (Å²) in [5, 5.41) is 30.8. The molecule has 0 bridgehead atoms. The number of hydrogen-bond acceptors (Lipinski definition) is 3. The Kier molecular flexibility index (Phi) is 33.6. The third kappa shape index (κ3) is 30.0. The second-order valence-electron chi connectivity index (χ2n) is 6.95. The summed E-state index contributed by atoms with van der Waals surface area (Å²) in [5.41, 5.74) is 0. The predicted octanol–water partition coefficient (Wildman–Crippen LogP) is 6.19. The van der Waals surface area contributed by atoms with Crippen LogP contribution in [0.25, 0.3) is 0 Å². The number of allylic oxidation sites excluding steroid dienone is 12. The third-order valence-corrected chi connectivity index (χ3v) is 3.99. The summed E-state index contributed by atoms with van der Waals surface area (Å²) in [4.78, 5) is 0. The molecule has 0 spiro atoms. The molecule has 3 nitrogen and oxygen atoms in total. The Hall–Kier alpha value is -2.36. The Bertz CT molecular complexity index is 905. The second-order valence-corrected chi connectivity index (χ2v) is 6.95. The van der Waals surface area contributed by atoms with E-state index >= 15 is 0 Å². The van der Waals surface area contributed by atoms with Gasteiger partial charge in [0.05, 0.1) is 0 Å². The summed E-state index contributed by atoms with van der Waals surface area (Å²) < 4.78 is 0. The van der Waals surface area contributed by atoms with E-state index in [4.69, 9.17) is 0 Å². The quantitative estimate of drug-likeness (QED) is 0.223. The van der Waals surface area contributed by atoms with Gasteiger partial charge in [-0.25, -0.2) is 36.5 Å². The van der Waals surface area contributed by atoms with Crippen molar-refractivity contribution in [3.8, 4) is 17.2 Å². The van der Waals surface area contributed by atoms with Crippen LogP contribution in [0.4, 0.5) is 0 Å².